The number of nitrogens with one attached hydrogen (secondary N) is 1. The third-order valence-corrected chi connectivity index (χ3v) is 1.60. The average molecular weight is 172 g/mol. The Morgan fingerprint density at radius 2 is 2.25 bits per heavy atom. The Kier molecular flexibility index (Phi) is 8.17. The highest BCUT2D eigenvalue weighted by atomic mass is 16.5. The second-order valence-corrected chi connectivity index (χ2v) is 2.66. The predicted octanol–water partition coefficient (Wildman–Crippen LogP) is 0.688. The highest BCUT2D eigenvalue weighted by Crippen LogP contribution is 1.81. The van der Waals surface area contributed by atoms with Gasteiger partial charge in [0.1, 0.15) is 0 Å². The summed E-state index contributed by atoms with van der Waals surface area (Å²) in [6.07, 6.45) is 1.72. The Hall–Kier alpha value is -0.540. The van der Waals surface area contributed by atoms with Crippen molar-refractivity contribution < 1.29 is 4.74 Å². The number of likely N-dealkylation sites (N-methyl/N-ethyl adjacent to an activating group) is 1. The zero-order valence-electron chi connectivity index (χ0n) is 8.18. The lowest BCUT2D eigenvalue weighted by Gasteiger charge is -2.15. The predicted molar refractivity (Wildman–Crippen MR) is 52.2 cm³/mol. The maximum atomic E-state index is 5.23. The monoisotopic (exact) mass is 172 g/mol. The van der Waals surface area contributed by atoms with Crippen molar-refractivity contribution in [1.29, 1.82) is 0 Å². The van der Waals surface area contributed by atoms with Crippen molar-refractivity contribution in [2.75, 3.05) is 39.9 Å². The van der Waals surface area contributed by atoms with Crippen molar-refractivity contribution in [3.05, 3.63) is 12.8 Å². The zero-order chi connectivity index (χ0) is 9.23. The molecule has 3 nitrogen and oxygen atoms in total. The summed E-state index contributed by atoms with van der Waals surface area (Å²) in [6.45, 7) is 10.2. The minimum Gasteiger partial charge on any atom is -0.390 e. The van der Waals surface area contributed by atoms with E-state index in [2.05, 4.69) is 23.8 Å². The van der Waals surface area contributed by atoms with Crippen LogP contribution in [0.4, 0.5) is 0 Å². The van der Waals surface area contributed by atoms with E-state index in [0.717, 1.165) is 32.8 Å². The SMILES string of the molecule is C=CNCCN(C)CCOCC. The van der Waals surface area contributed by atoms with Crippen LogP contribution in [0.3, 0.4) is 0 Å². The molecule has 0 radical (unpaired) electrons. The topological polar surface area (TPSA) is 24.5 Å². The molecule has 1 N–H and O–H groups in total. The van der Waals surface area contributed by atoms with E-state index in [1.165, 1.54) is 0 Å². The summed E-state index contributed by atoms with van der Waals surface area (Å²) in [5, 5.41) is 3.05. The van der Waals surface area contributed by atoms with Gasteiger partial charge in [0, 0.05) is 26.2 Å². The number of hydrogen-bond donors (Lipinski definition) is 1. The fourth-order valence-electron chi connectivity index (χ4n) is 0.834. The Labute approximate surface area is 75.4 Å². The molecule has 72 valence electrons. The van der Waals surface area contributed by atoms with Gasteiger partial charge < -0.3 is 15.0 Å². The van der Waals surface area contributed by atoms with Crippen LogP contribution in [-0.2, 0) is 4.74 Å². The highest BCUT2D eigenvalue weighted by Gasteiger charge is 1.95. The summed E-state index contributed by atoms with van der Waals surface area (Å²) >= 11 is 0. The second-order valence-electron chi connectivity index (χ2n) is 2.66. The van der Waals surface area contributed by atoms with Gasteiger partial charge in [-0.3, -0.25) is 0 Å². The molecule has 0 heterocycles. The first-order chi connectivity index (χ1) is 5.81. The minimum atomic E-state index is 0.804. The van der Waals surface area contributed by atoms with E-state index >= 15 is 0 Å². The van der Waals surface area contributed by atoms with Crippen molar-refractivity contribution in [3.8, 4) is 0 Å². The van der Waals surface area contributed by atoms with Crippen LogP contribution in [0, 0.1) is 0 Å². The standard InChI is InChI=1S/C9H20N2O/c1-4-10-6-7-11(3)8-9-12-5-2/h4,10H,1,5-9H2,2-3H3. The number of rotatable bonds is 8. The fourth-order valence-corrected chi connectivity index (χ4v) is 0.834. The molecule has 0 aromatic carbocycles. The Morgan fingerprint density at radius 1 is 1.50 bits per heavy atom. The van der Waals surface area contributed by atoms with Gasteiger partial charge in [0.2, 0.25) is 0 Å². The van der Waals surface area contributed by atoms with E-state index in [0.29, 0.717) is 0 Å². The lowest BCUT2D eigenvalue weighted by Crippen LogP contribution is -2.29. The second kappa shape index (κ2) is 8.56. The molecule has 0 amide bonds. The molecule has 0 aliphatic rings. The van der Waals surface area contributed by atoms with Crippen molar-refractivity contribution in [3.63, 3.8) is 0 Å². The van der Waals surface area contributed by atoms with Gasteiger partial charge >= 0.3 is 0 Å². The van der Waals surface area contributed by atoms with E-state index < -0.39 is 0 Å². The van der Waals surface area contributed by atoms with Crippen molar-refractivity contribution in [1.82, 2.24) is 10.2 Å². The van der Waals surface area contributed by atoms with Gasteiger partial charge in [0.15, 0.2) is 0 Å². The first-order valence-corrected chi connectivity index (χ1v) is 4.41. The Morgan fingerprint density at radius 3 is 2.83 bits per heavy atom. The van der Waals surface area contributed by atoms with Crippen molar-refractivity contribution in [2.45, 2.75) is 6.92 Å². The lowest BCUT2D eigenvalue weighted by molar-refractivity contribution is 0.123. The smallest absolute Gasteiger partial charge is 0.0593 e. The first kappa shape index (κ1) is 11.5. The molecule has 0 aliphatic heterocycles. The van der Waals surface area contributed by atoms with E-state index in [1.54, 1.807) is 6.20 Å². The fraction of sp³-hybridized carbons (Fsp3) is 0.778. The summed E-state index contributed by atoms with van der Waals surface area (Å²) in [5.41, 5.74) is 0. The normalized spacial score (nSPS) is 10.2. The molecule has 0 atom stereocenters. The molecule has 0 bridgehead atoms. The van der Waals surface area contributed by atoms with Crippen molar-refractivity contribution >= 4 is 0 Å². The molecule has 0 fully saturated rings. The maximum Gasteiger partial charge on any atom is 0.0593 e. The molecule has 0 aromatic rings. The zero-order valence-corrected chi connectivity index (χ0v) is 8.18. The minimum absolute atomic E-state index is 0.804. The maximum absolute atomic E-state index is 5.23. The van der Waals surface area contributed by atoms with Crippen LogP contribution in [0.15, 0.2) is 12.8 Å². The largest absolute Gasteiger partial charge is 0.390 e. The van der Waals surface area contributed by atoms with E-state index in [-0.39, 0.29) is 0 Å². The van der Waals surface area contributed by atoms with Gasteiger partial charge in [-0.05, 0) is 20.2 Å². The van der Waals surface area contributed by atoms with E-state index in [1.807, 2.05) is 6.92 Å². The molecule has 0 aromatic heterocycles. The van der Waals surface area contributed by atoms with Crippen LogP contribution in [0.2, 0.25) is 0 Å². The van der Waals surface area contributed by atoms with Gasteiger partial charge in [-0.25, -0.2) is 0 Å². The molecular formula is C9H20N2O. The van der Waals surface area contributed by atoms with Crippen LogP contribution >= 0.6 is 0 Å². The van der Waals surface area contributed by atoms with Gasteiger partial charge in [0.25, 0.3) is 0 Å². The lowest BCUT2D eigenvalue weighted by atomic mass is 10.5. The van der Waals surface area contributed by atoms with Gasteiger partial charge in [0.05, 0.1) is 6.61 Å². The third kappa shape index (κ3) is 7.57. The Bertz CT molecular complexity index is 107. The first-order valence-electron chi connectivity index (χ1n) is 4.41. The molecule has 3 heteroatoms. The van der Waals surface area contributed by atoms with Gasteiger partial charge in [-0.15, -0.1) is 0 Å². The molecule has 0 saturated heterocycles. The van der Waals surface area contributed by atoms with E-state index in [9.17, 15) is 0 Å². The van der Waals surface area contributed by atoms with Crippen LogP contribution < -0.4 is 5.32 Å². The van der Waals surface area contributed by atoms with Crippen molar-refractivity contribution in [2.24, 2.45) is 0 Å². The van der Waals surface area contributed by atoms with Crippen LogP contribution in [-0.4, -0.2) is 44.8 Å². The van der Waals surface area contributed by atoms with Crippen LogP contribution in [0.1, 0.15) is 6.92 Å². The molecule has 0 spiro atoms. The molecule has 0 rings (SSSR count). The number of ether oxygens (including phenoxy) is 1. The average Bonchev–Trinajstić information content (AvgIpc) is 2.06. The van der Waals surface area contributed by atoms with Gasteiger partial charge in [-0.1, -0.05) is 6.58 Å². The summed E-state index contributed by atoms with van der Waals surface area (Å²) < 4.78 is 5.23. The molecule has 12 heavy (non-hydrogen) atoms. The van der Waals surface area contributed by atoms with Crippen LogP contribution in [0.25, 0.3) is 0 Å². The number of hydrogen-bond acceptors (Lipinski definition) is 3. The Balaban J connectivity index is 3.09. The molecular weight excluding hydrogens is 152 g/mol. The molecule has 0 unspecified atom stereocenters. The molecule has 0 aliphatic carbocycles. The van der Waals surface area contributed by atoms with Crippen LogP contribution in [0.5, 0.6) is 0 Å². The summed E-state index contributed by atoms with van der Waals surface area (Å²) in [7, 11) is 2.09. The quantitative estimate of drug-likeness (QED) is 0.545. The third-order valence-electron chi connectivity index (χ3n) is 1.60. The summed E-state index contributed by atoms with van der Waals surface area (Å²) in [6, 6.07) is 0. The molecule has 0 saturated carbocycles. The number of nitrogens with zero attached hydrogens (tertiary/aromatic N) is 1. The highest BCUT2D eigenvalue weighted by molar-refractivity contribution is 4.64. The summed E-state index contributed by atoms with van der Waals surface area (Å²) in [5.74, 6) is 0. The van der Waals surface area contributed by atoms with E-state index in [4.69, 9.17) is 4.74 Å². The summed E-state index contributed by atoms with van der Waals surface area (Å²) in [4.78, 5) is 2.23. The van der Waals surface area contributed by atoms with Gasteiger partial charge in [-0.2, -0.15) is 0 Å².